The summed E-state index contributed by atoms with van der Waals surface area (Å²) in [6, 6.07) is 14.7. The molecule has 114 valence electrons. The van der Waals surface area contributed by atoms with Crippen LogP contribution in [-0.2, 0) is 6.42 Å². The van der Waals surface area contributed by atoms with Gasteiger partial charge in [-0.25, -0.2) is 4.98 Å². The third-order valence-corrected chi connectivity index (χ3v) is 4.61. The number of imidazole rings is 1. The number of aromatic nitrogens is 3. The van der Waals surface area contributed by atoms with E-state index in [-0.39, 0.29) is 0 Å². The lowest BCUT2D eigenvalue weighted by molar-refractivity contribution is 0.996. The fourth-order valence-electron chi connectivity index (χ4n) is 2.63. The molecule has 0 unspecified atom stereocenters. The smallest absolute Gasteiger partial charge is 0.157 e. The van der Waals surface area contributed by atoms with E-state index < -0.39 is 0 Å². The average Bonchev–Trinajstić information content (AvgIpc) is 3.24. The second-order valence-corrected chi connectivity index (χ2v) is 6.20. The maximum Gasteiger partial charge on any atom is 0.157 e. The Morgan fingerprint density at radius 1 is 1.09 bits per heavy atom. The van der Waals surface area contributed by atoms with Crippen molar-refractivity contribution in [1.82, 2.24) is 14.4 Å². The minimum Gasteiger partial charge on any atom is -0.369 e. The highest BCUT2D eigenvalue weighted by atomic mass is 32.1. The van der Waals surface area contributed by atoms with Crippen molar-refractivity contribution in [2.75, 3.05) is 11.9 Å². The topological polar surface area (TPSA) is 42.2 Å². The van der Waals surface area contributed by atoms with Crippen molar-refractivity contribution in [1.29, 1.82) is 0 Å². The van der Waals surface area contributed by atoms with Crippen molar-refractivity contribution in [3.05, 3.63) is 72.0 Å². The van der Waals surface area contributed by atoms with Crippen LogP contribution in [0.4, 0.5) is 5.82 Å². The van der Waals surface area contributed by atoms with Crippen molar-refractivity contribution in [3.8, 4) is 10.6 Å². The molecule has 0 bridgehead atoms. The summed E-state index contributed by atoms with van der Waals surface area (Å²) in [5.74, 6) is 1.03. The lowest BCUT2D eigenvalue weighted by Gasteiger charge is -2.08. The monoisotopic (exact) mass is 320 g/mol. The van der Waals surface area contributed by atoms with E-state index in [1.165, 1.54) is 5.56 Å². The number of hydrogen-bond acceptors (Lipinski definition) is 4. The van der Waals surface area contributed by atoms with Gasteiger partial charge in [-0.1, -0.05) is 36.4 Å². The largest absolute Gasteiger partial charge is 0.369 e. The lowest BCUT2D eigenvalue weighted by atomic mass is 10.1. The van der Waals surface area contributed by atoms with Gasteiger partial charge in [0.15, 0.2) is 5.65 Å². The van der Waals surface area contributed by atoms with E-state index in [2.05, 4.69) is 56.5 Å². The predicted molar refractivity (Wildman–Crippen MR) is 94.9 cm³/mol. The Morgan fingerprint density at radius 2 is 2.00 bits per heavy atom. The second kappa shape index (κ2) is 6.22. The Balaban J connectivity index is 1.64. The van der Waals surface area contributed by atoms with Crippen molar-refractivity contribution >= 4 is 22.8 Å². The summed E-state index contributed by atoms with van der Waals surface area (Å²) >= 11 is 1.70. The highest BCUT2D eigenvalue weighted by molar-refractivity contribution is 7.13. The molecule has 4 nitrogen and oxygen atoms in total. The second-order valence-electron chi connectivity index (χ2n) is 5.25. The van der Waals surface area contributed by atoms with Crippen LogP contribution in [0.2, 0.25) is 0 Å². The Kier molecular flexibility index (Phi) is 3.78. The molecule has 23 heavy (non-hydrogen) atoms. The van der Waals surface area contributed by atoms with E-state index in [9.17, 15) is 0 Å². The Morgan fingerprint density at radius 3 is 2.83 bits per heavy atom. The molecule has 0 aliphatic heterocycles. The van der Waals surface area contributed by atoms with Gasteiger partial charge in [0.05, 0.1) is 11.1 Å². The van der Waals surface area contributed by atoms with Gasteiger partial charge in [-0.3, -0.25) is 9.38 Å². The first-order valence-corrected chi connectivity index (χ1v) is 8.43. The summed E-state index contributed by atoms with van der Waals surface area (Å²) in [5, 5.41) is 5.63. The van der Waals surface area contributed by atoms with Gasteiger partial charge in [0, 0.05) is 18.9 Å². The first-order chi connectivity index (χ1) is 11.4. The molecule has 4 rings (SSSR count). The molecule has 5 heteroatoms. The summed E-state index contributed by atoms with van der Waals surface area (Å²) < 4.78 is 2.06. The summed E-state index contributed by atoms with van der Waals surface area (Å²) in [6.07, 6.45) is 6.50. The fourth-order valence-corrected chi connectivity index (χ4v) is 3.35. The van der Waals surface area contributed by atoms with Crippen molar-refractivity contribution in [2.24, 2.45) is 0 Å². The molecule has 0 saturated carbocycles. The van der Waals surface area contributed by atoms with Gasteiger partial charge in [-0.15, -0.1) is 11.3 Å². The summed E-state index contributed by atoms with van der Waals surface area (Å²) in [7, 11) is 0. The van der Waals surface area contributed by atoms with E-state index in [1.54, 1.807) is 23.7 Å². The Labute approximate surface area is 138 Å². The van der Waals surface area contributed by atoms with Crippen LogP contribution in [-0.4, -0.2) is 20.9 Å². The van der Waals surface area contributed by atoms with Crippen LogP contribution < -0.4 is 5.32 Å². The zero-order valence-corrected chi connectivity index (χ0v) is 13.3. The molecule has 0 atom stereocenters. The van der Waals surface area contributed by atoms with Crippen LogP contribution >= 0.6 is 11.3 Å². The van der Waals surface area contributed by atoms with Gasteiger partial charge in [-0.2, -0.15) is 0 Å². The van der Waals surface area contributed by atoms with Crippen LogP contribution in [0.15, 0.2) is 66.4 Å². The zero-order chi connectivity index (χ0) is 15.5. The summed E-state index contributed by atoms with van der Waals surface area (Å²) in [5.41, 5.74) is 3.17. The molecular formula is C18H16N4S. The normalized spacial score (nSPS) is 11.0. The molecule has 0 amide bonds. The number of anilines is 1. The van der Waals surface area contributed by atoms with Crippen LogP contribution in [0.25, 0.3) is 16.2 Å². The van der Waals surface area contributed by atoms with Crippen molar-refractivity contribution < 1.29 is 0 Å². The molecule has 1 N–H and O–H groups in total. The molecule has 0 spiro atoms. The standard InChI is InChI=1S/C18H16N4S/c1-2-5-14(6-3-1)8-9-20-18-17(15-7-4-12-23-15)21-16-13-19-10-11-22(16)18/h1-7,10-13,20H,8-9H2. The van der Waals surface area contributed by atoms with E-state index in [0.717, 1.165) is 35.0 Å². The van der Waals surface area contributed by atoms with E-state index in [0.29, 0.717) is 0 Å². The van der Waals surface area contributed by atoms with Crippen molar-refractivity contribution in [3.63, 3.8) is 0 Å². The SMILES string of the molecule is c1ccc(CCNc2c(-c3cccs3)nc3cnccn23)cc1. The number of thiophene rings is 1. The molecule has 0 saturated heterocycles. The molecule has 0 aliphatic rings. The first kappa shape index (κ1) is 14.0. The quantitative estimate of drug-likeness (QED) is 0.601. The highest BCUT2D eigenvalue weighted by Crippen LogP contribution is 2.31. The zero-order valence-electron chi connectivity index (χ0n) is 12.5. The Bertz CT molecular complexity index is 897. The van der Waals surface area contributed by atoms with Crippen LogP contribution in [0.5, 0.6) is 0 Å². The number of nitrogens with one attached hydrogen (secondary N) is 1. The molecule has 0 radical (unpaired) electrons. The molecule has 0 fully saturated rings. The molecular weight excluding hydrogens is 304 g/mol. The number of fused-ring (bicyclic) bond motifs is 1. The molecule has 3 aromatic heterocycles. The minimum atomic E-state index is 0.859. The maximum absolute atomic E-state index is 4.73. The van der Waals surface area contributed by atoms with Crippen LogP contribution in [0.1, 0.15) is 5.56 Å². The third kappa shape index (κ3) is 2.83. The van der Waals surface area contributed by atoms with Gasteiger partial charge in [0.25, 0.3) is 0 Å². The Hall–Kier alpha value is -2.66. The highest BCUT2D eigenvalue weighted by Gasteiger charge is 2.14. The van der Waals surface area contributed by atoms with E-state index in [4.69, 9.17) is 4.98 Å². The maximum atomic E-state index is 4.73. The molecule has 4 aromatic rings. The summed E-state index contributed by atoms with van der Waals surface area (Å²) in [4.78, 5) is 10.1. The van der Waals surface area contributed by atoms with Gasteiger partial charge in [0.2, 0.25) is 0 Å². The number of nitrogens with zero attached hydrogens (tertiary/aromatic N) is 3. The molecule has 0 aliphatic carbocycles. The first-order valence-electron chi connectivity index (χ1n) is 7.55. The fraction of sp³-hybridized carbons (Fsp3) is 0.111. The average molecular weight is 320 g/mol. The number of rotatable bonds is 5. The van der Waals surface area contributed by atoms with Crippen LogP contribution in [0.3, 0.4) is 0 Å². The van der Waals surface area contributed by atoms with Gasteiger partial charge in [-0.05, 0) is 23.4 Å². The van der Waals surface area contributed by atoms with Gasteiger partial charge in [0.1, 0.15) is 11.5 Å². The predicted octanol–water partition coefficient (Wildman–Crippen LogP) is 4.11. The van der Waals surface area contributed by atoms with E-state index >= 15 is 0 Å². The number of benzene rings is 1. The van der Waals surface area contributed by atoms with Crippen LogP contribution in [0, 0.1) is 0 Å². The molecule has 1 aromatic carbocycles. The van der Waals surface area contributed by atoms with Gasteiger partial charge < -0.3 is 5.32 Å². The van der Waals surface area contributed by atoms with Gasteiger partial charge >= 0.3 is 0 Å². The summed E-state index contributed by atoms with van der Waals surface area (Å²) in [6.45, 7) is 0.860. The third-order valence-electron chi connectivity index (χ3n) is 3.73. The van der Waals surface area contributed by atoms with Crippen molar-refractivity contribution in [2.45, 2.75) is 6.42 Å². The van der Waals surface area contributed by atoms with E-state index in [1.807, 2.05) is 12.3 Å². The number of hydrogen-bond donors (Lipinski definition) is 1. The molecule has 3 heterocycles. The minimum absolute atomic E-state index is 0.859. The lowest BCUT2D eigenvalue weighted by Crippen LogP contribution is -2.07.